The number of alkyl carbamates (subject to hydrolysis) is 2. The van der Waals surface area contributed by atoms with Gasteiger partial charge in [-0.05, 0) is 93.4 Å². The first kappa shape index (κ1) is 44.8. The molecule has 3 aliphatic heterocycles. The minimum atomic E-state index is -0.828. The third-order valence-corrected chi connectivity index (χ3v) is 12.5. The van der Waals surface area contributed by atoms with Crippen LogP contribution in [0.1, 0.15) is 48.3 Å². The quantitative estimate of drug-likeness (QED) is 0.156. The number of aryl methyl sites for hydroxylation is 1. The molecule has 1 atom stereocenters. The van der Waals surface area contributed by atoms with Gasteiger partial charge in [0, 0.05) is 82.0 Å². The lowest BCUT2D eigenvalue weighted by Crippen LogP contribution is -2.59. The van der Waals surface area contributed by atoms with E-state index in [0.29, 0.717) is 56.1 Å². The van der Waals surface area contributed by atoms with Crippen molar-refractivity contribution in [1.29, 1.82) is 0 Å². The molecule has 0 saturated carbocycles. The molecule has 3 fully saturated rings. The summed E-state index contributed by atoms with van der Waals surface area (Å²) in [5.74, 6) is -0.251. The van der Waals surface area contributed by atoms with Crippen LogP contribution in [0.15, 0.2) is 78.8 Å². The molecule has 3 aliphatic rings. The number of pyridine rings is 1. The van der Waals surface area contributed by atoms with Gasteiger partial charge in [0.05, 0.1) is 11.0 Å². The second kappa shape index (κ2) is 20.8. The van der Waals surface area contributed by atoms with Gasteiger partial charge in [0.2, 0.25) is 5.91 Å². The fraction of sp³-hybridized carbons (Fsp3) is 0.478. The van der Waals surface area contributed by atoms with E-state index in [0.717, 1.165) is 66.4 Å². The second-order valence-electron chi connectivity index (χ2n) is 16.7. The number of nitrogens with one attached hydrogen (secondary N) is 3. The van der Waals surface area contributed by atoms with Gasteiger partial charge in [0.1, 0.15) is 6.04 Å². The van der Waals surface area contributed by atoms with Gasteiger partial charge in [0.15, 0.2) is 13.5 Å². The van der Waals surface area contributed by atoms with Crippen molar-refractivity contribution in [3.63, 3.8) is 0 Å². The van der Waals surface area contributed by atoms with Crippen LogP contribution in [0.2, 0.25) is 0 Å². The van der Waals surface area contributed by atoms with E-state index in [1.165, 1.54) is 4.57 Å². The van der Waals surface area contributed by atoms with Gasteiger partial charge in [-0.25, -0.2) is 19.1 Å². The molecule has 2 aromatic heterocycles. The molecule has 0 unspecified atom stereocenters. The first-order chi connectivity index (χ1) is 30.5. The summed E-state index contributed by atoms with van der Waals surface area (Å²) in [7, 11) is 2.16. The number of urea groups is 1. The van der Waals surface area contributed by atoms with E-state index in [2.05, 4.69) is 51.1 Å². The van der Waals surface area contributed by atoms with E-state index in [1.54, 1.807) is 27.9 Å². The van der Waals surface area contributed by atoms with Crippen molar-refractivity contribution >= 4 is 45.9 Å². The number of para-hydroxylation sites is 1. The Kier molecular flexibility index (Phi) is 14.8. The minimum Gasteiger partial charge on any atom is -0.428 e. The highest BCUT2D eigenvalue weighted by molar-refractivity contribution is 5.88. The zero-order chi connectivity index (χ0) is 44.5. The van der Waals surface area contributed by atoms with Crippen LogP contribution in [0.25, 0.3) is 21.8 Å². The number of benzene rings is 2. The van der Waals surface area contributed by atoms with Gasteiger partial charge in [-0.15, -0.1) is 13.2 Å². The Morgan fingerprint density at radius 2 is 1.49 bits per heavy atom. The Balaban J connectivity index is 1.05. The number of nitrogens with zero attached hydrogens (tertiary/aromatic N) is 7. The third kappa shape index (κ3) is 11.1. The molecule has 4 aromatic rings. The van der Waals surface area contributed by atoms with E-state index >= 15 is 0 Å². The predicted molar refractivity (Wildman–Crippen MR) is 240 cm³/mol. The van der Waals surface area contributed by atoms with Gasteiger partial charge >= 0.3 is 18.2 Å². The maximum atomic E-state index is 14.5. The van der Waals surface area contributed by atoms with Gasteiger partial charge in [-0.3, -0.25) is 19.1 Å². The highest BCUT2D eigenvalue weighted by Crippen LogP contribution is 2.29. The van der Waals surface area contributed by atoms with Gasteiger partial charge in [-0.2, -0.15) is 5.10 Å². The van der Waals surface area contributed by atoms with Gasteiger partial charge in [-0.1, -0.05) is 36.4 Å². The van der Waals surface area contributed by atoms with Crippen LogP contribution in [0, 0.1) is 6.92 Å². The molecule has 0 radical (unpaired) electrons. The number of hydrogen-bond donors (Lipinski definition) is 3. The fourth-order valence-corrected chi connectivity index (χ4v) is 9.01. The van der Waals surface area contributed by atoms with Crippen molar-refractivity contribution < 1.29 is 28.7 Å². The number of piperidine rings is 2. The molecule has 63 heavy (non-hydrogen) atoms. The van der Waals surface area contributed by atoms with E-state index in [4.69, 9.17) is 9.47 Å². The van der Waals surface area contributed by atoms with E-state index in [1.807, 2.05) is 54.3 Å². The molecule has 5 heterocycles. The molecule has 0 spiro atoms. The molecule has 17 nitrogen and oxygen atoms in total. The molecule has 17 heteroatoms. The topological polar surface area (TPSA) is 176 Å². The molecule has 5 amide bonds. The van der Waals surface area contributed by atoms with E-state index in [9.17, 15) is 24.0 Å². The molecule has 0 bridgehead atoms. The van der Waals surface area contributed by atoms with Crippen molar-refractivity contribution in [2.45, 2.75) is 70.5 Å². The fourth-order valence-electron chi connectivity index (χ4n) is 9.01. The number of aromatic nitrogens is 3. The zero-order valence-corrected chi connectivity index (χ0v) is 36.4. The first-order valence-corrected chi connectivity index (χ1v) is 21.9. The molecule has 3 N–H and O–H groups in total. The van der Waals surface area contributed by atoms with Crippen molar-refractivity contribution in [3.8, 4) is 0 Å². The third-order valence-electron chi connectivity index (χ3n) is 12.5. The Morgan fingerprint density at radius 3 is 2.17 bits per heavy atom. The van der Waals surface area contributed by atoms with Crippen molar-refractivity contribution in [1.82, 2.24) is 49.9 Å². The summed E-state index contributed by atoms with van der Waals surface area (Å²) in [6, 6.07) is 12.7. The van der Waals surface area contributed by atoms with Crippen molar-refractivity contribution in [3.05, 3.63) is 101 Å². The van der Waals surface area contributed by atoms with Crippen LogP contribution in [0.5, 0.6) is 0 Å². The Hall–Kier alpha value is -6.20. The van der Waals surface area contributed by atoms with Crippen molar-refractivity contribution in [2.75, 3.05) is 72.5 Å². The van der Waals surface area contributed by atoms with Gasteiger partial charge < -0.3 is 40.1 Å². The SMILES string of the molecule is C=CCNC(=O)OCn1cc2cc(C[C@@H](NC(=O)N3CCC(c4cc5ccccc5n(COC(=O)NCC=C)c4=O)CC3)C(=O)N3CCN(C4CCN(C)CC4)CC3)cc(C)c2n1. The van der Waals surface area contributed by atoms with Crippen LogP contribution >= 0.6 is 0 Å². The smallest absolute Gasteiger partial charge is 0.409 e. The number of fused-ring (bicyclic) bond motifs is 2. The molecule has 7 rings (SSSR count). The largest absolute Gasteiger partial charge is 0.428 e. The number of amides is 5. The number of carbonyl (C=O) groups excluding carboxylic acids is 4. The molecule has 0 aliphatic carbocycles. The number of ether oxygens (including phenoxy) is 2. The lowest BCUT2D eigenvalue weighted by atomic mass is 9.89. The normalized spacial score (nSPS) is 17.3. The molecular weight excluding hydrogens is 805 g/mol. The first-order valence-electron chi connectivity index (χ1n) is 21.9. The zero-order valence-electron chi connectivity index (χ0n) is 36.4. The summed E-state index contributed by atoms with van der Waals surface area (Å²) >= 11 is 0. The van der Waals surface area contributed by atoms with Crippen LogP contribution in [-0.4, -0.2) is 143 Å². The van der Waals surface area contributed by atoms with Crippen LogP contribution in [0.3, 0.4) is 0 Å². The summed E-state index contributed by atoms with van der Waals surface area (Å²) < 4.78 is 13.7. The Labute approximate surface area is 367 Å². The average Bonchev–Trinajstić information content (AvgIpc) is 3.72. The van der Waals surface area contributed by atoms with E-state index in [-0.39, 0.29) is 56.4 Å². The summed E-state index contributed by atoms with van der Waals surface area (Å²) in [5.41, 5.74) is 3.51. The number of piperazine rings is 1. The predicted octanol–water partition coefficient (Wildman–Crippen LogP) is 4.14. The molecule has 3 saturated heterocycles. The lowest BCUT2D eigenvalue weighted by Gasteiger charge is -2.43. The minimum absolute atomic E-state index is 0.0790. The van der Waals surface area contributed by atoms with Crippen LogP contribution < -0.4 is 21.5 Å². The maximum Gasteiger partial charge on any atom is 0.409 e. The van der Waals surface area contributed by atoms with E-state index < -0.39 is 18.2 Å². The molecule has 336 valence electrons. The highest BCUT2D eigenvalue weighted by atomic mass is 16.6. The Bertz CT molecular complexity index is 2350. The number of carbonyl (C=O) groups is 4. The number of likely N-dealkylation sites (tertiary alicyclic amines) is 2. The summed E-state index contributed by atoms with van der Waals surface area (Å²) in [6.45, 7) is 15.0. The summed E-state index contributed by atoms with van der Waals surface area (Å²) in [6.07, 6.45) is 7.26. The van der Waals surface area contributed by atoms with Crippen molar-refractivity contribution in [2.24, 2.45) is 0 Å². The van der Waals surface area contributed by atoms with Gasteiger partial charge in [0.25, 0.3) is 5.56 Å². The number of rotatable bonds is 14. The second-order valence-corrected chi connectivity index (χ2v) is 16.7. The highest BCUT2D eigenvalue weighted by Gasteiger charge is 2.34. The molecule has 2 aromatic carbocycles. The average molecular weight is 865 g/mol. The van der Waals surface area contributed by atoms with Crippen LogP contribution in [-0.2, 0) is 34.2 Å². The monoisotopic (exact) mass is 864 g/mol. The Morgan fingerprint density at radius 1 is 0.825 bits per heavy atom. The standard InChI is InChI=1S/C46H60N10O7/c1-5-15-47-45(60)62-30-55-29-36-26-33(25-32(3)41(36)50-55)27-39(43(58)53-23-21-52(22-24-53)37-13-17-51(4)18-14-37)49-44(59)54-19-11-34(12-20-54)38-28-35-9-7-8-10-40(35)56(42(38)57)31-63-46(61)48-16-6-2/h5-10,25-26,28-29,34,37,39H,1-2,11-24,27,30-31H2,3-4H3,(H,47,60)(H,48,61)(H,49,59)/t39-/m1/s1. The summed E-state index contributed by atoms with van der Waals surface area (Å²) in [4.78, 5) is 75.4. The summed E-state index contributed by atoms with van der Waals surface area (Å²) in [5, 5.41) is 14.6. The lowest BCUT2D eigenvalue weighted by molar-refractivity contribution is -0.135. The maximum absolute atomic E-state index is 14.5. The number of hydrogen-bond acceptors (Lipinski definition) is 10. The van der Waals surface area contributed by atoms with Crippen LogP contribution in [0.4, 0.5) is 14.4 Å². The molecular formula is C46H60N10O7.